The molecule has 0 fully saturated rings. The van der Waals surface area contributed by atoms with Gasteiger partial charge in [-0.15, -0.1) is 0 Å². The molecule has 0 bridgehead atoms. The molecule has 0 aliphatic rings. The van der Waals surface area contributed by atoms with Crippen LogP contribution in [0, 0.1) is 0 Å². The summed E-state index contributed by atoms with van der Waals surface area (Å²) in [5.41, 5.74) is 11.7. The van der Waals surface area contributed by atoms with Crippen molar-refractivity contribution < 1.29 is 4.42 Å². The summed E-state index contributed by atoms with van der Waals surface area (Å²) in [5, 5.41) is 6.92. The summed E-state index contributed by atoms with van der Waals surface area (Å²) in [5.74, 6) is 0.774. The van der Waals surface area contributed by atoms with E-state index in [1.807, 2.05) is 12.1 Å². The largest absolute Gasteiger partial charge is 0.456 e. The zero-order valence-corrected chi connectivity index (χ0v) is 28.0. The van der Waals surface area contributed by atoms with Crippen LogP contribution < -0.4 is 0 Å². The third kappa shape index (κ3) is 4.41. The van der Waals surface area contributed by atoms with Crippen LogP contribution in [0.4, 0.5) is 0 Å². The van der Waals surface area contributed by atoms with Gasteiger partial charge < -0.3 is 4.42 Å². The van der Waals surface area contributed by atoms with Crippen molar-refractivity contribution in [3.05, 3.63) is 176 Å². The summed E-state index contributed by atoms with van der Waals surface area (Å²) in [7, 11) is 0. The summed E-state index contributed by atoms with van der Waals surface area (Å²) >= 11 is 0. The Bertz CT molecular complexity index is 3180. The Morgan fingerprint density at radius 2 is 0.981 bits per heavy atom. The number of furan rings is 1. The van der Waals surface area contributed by atoms with Crippen LogP contribution in [0.15, 0.2) is 180 Å². The van der Waals surface area contributed by atoms with Gasteiger partial charge in [-0.05, 0) is 81.6 Å². The Morgan fingerprint density at radius 1 is 0.385 bits per heavy atom. The minimum absolute atomic E-state index is 0.774. The molecule has 3 aromatic heterocycles. The maximum absolute atomic E-state index is 6.41. The number of rotatable bonds is 4. The van der Waals surface area contributed by atoms with Crippen molar-refractivity contribution in [1.29, 1.82) is 0 Å². The fourth-order valence-electron chi connectivity index (χ4n) is 7.91. The van der Waals surface area contributed by atoms with Gasteiger partial charge in [0.25, 0.3) is 0 Å². The molecule has 242 valence electrons. The second kappa shape index (κ2) is 11.2. The van der Waals surface area contributed by atoms with Gasteiger partial charge in [-0.25, -0.2) is 9.97 Å². The first kappa shape index (κ1) is 28.8. The van der Waals surface area contributed by atoms with E-state index in [-0.39, 0.29) is 0 Å². The van der Waals surface area contributed by atoms with Crippen LogP contribution in [0.25, 0.3) is 105 Å². The lowest BCUT2D eigenvalue weighted by Crippen LogP contribution is -2.04. The van der Waals surface area contributed by atoms with Crippen LogP contribution >= 0.6 is 0 Å². The van der Waals surface area contributed by atoms with Gasteiger partial charge in [-0.2, -0.15) is 0 Å². The lowest BCUT2D eigenvalue weighted by atomic mass is 9.93. The number of hydrogen-bond acceptors (Lipinski definition) is 3. The van der Waals surface area contributed by atoms with Gasteiger partial charge in [0.05, 0.1) is 22.1 Å². The van der Waals surface area contributed by atoms with Crippen LogP contribution in [0.5, 0.6) is 0 Å². The molecule has 0 unspecified atom stereocenters. The predicted octanol–water partition coefficient (Wildman–Crippen LogP) is 12.8. The fraction of sp³-hybridized carbons (Fsp3) is 0. The standard InChI is InChI=1S/C48H29N3O/c1-3-13-30(14-4-1)38-28-41-42(29-39(38)31-15-5-2-6-16-31)50-48(47(49-41)34-23-24-37-36-20-10-12-22-45(36)52-46(37)27-34)51-43-21-11-9-19-35(43)40-25-32-17-7-8-18-33(32)26-44(40)51/h1-29H. The normalized spacial score (nSPS) is 11.8. The molecule has 0 saturated carbocycles. The van der Waals surface area contributed by atoms with E-state index < -0.39 is 0 Å². The molecule has 11 aromatic rings. The van der Waals surface area contributed by atoms with Gasteiger partial charge in [0, 0.05) is 27.1 Å². The van der Waals surface area contributed by atoms with E-state index in [0.717, 1.165) is 83.3 Å². The van der Waals surface area contributed by atoms with E-state index in [4.69, 9.17) is 14.4 Å². The van der Waals surface area contributed by atoms with Crippen LogP contribution in [-0.4, -0.2) is 14.5 Å². The monoisotopic (exact) mass is 663 g/mol. The van der Waals surface area contributed by atoms with Crippen molar-refractivity contribution in [2.24, 2.45) is 0 Å². The van der Waals surface area contributed by atoms with E-state index >= 15 is 0 Å². The van der Waals surface area contributed by atoms with Crippen LogP contribution in [0.1, 0.15) is 0 Å². The van der Waals surface area contributed by atoms with Gasteiger partial charge >= 0.3 is 0 Å². The highest BCUT2D eigenvalue weighted by Crippen LogP contribution is 2.41. The molecule has 0 N–H and O–H groups in total. The average Bonchev–Trinajstić information content (AvgIpc) is 3.74. The Kier molecular flexibility index (Phi) is 6.22. The van der Waals surface area contributed by atoms with Gasteiger partial charge in [-0.1, -0.05) is 127 Å². The number of fused-ring (bicyclic) bond motifs is 8. The molecule has 0 aliphatic heterocycles. The van der Waals surface area contributed by atoms with Crippen molar-refractivity contribution in [3.63, 3.8) is 0 Å². The topological polar surface area (TPSA) is 43.9 Å². The number of aromatic nitrogens is 3. The molecule has 3 heterocycles. The molecule has 0 amide bonds. The highest BCUT2D eigenvalue weighted by molar-refractivity contribution is 6.14. The summed E-state index contributed by atoms with van der Waals surface area (Å²) in [6, 6.07) is 61.9. The second-order valence-electron chi connectivity index (χ2n) is 13.4. The molecule has 8 aromatic carbocycles. The summed E-state index contributed by atoms with van der Waals surface area (Å²) in [4.78, 5) is 11.1. The number of nitrogens with zero attached hydrogens (tertiary/aromatic N) is 3. The van der Waals surface area contributed by atoms with Gasteiger partial charge in [-0.3, -0.25) is 4.57 Å². The zero-order chi connectivity index (χ0) is 34.2. The Balaban J connectivity index is 1.27. The van der Waals surface area contributed by atoms with Crippen molar-refractivity contribution in [2.75, 3.05) is 0 Å². The summed E-state index contributed by atoms with van der Waals surface area (Å²) < 4.78 is 8.71. The van der Waals surface area contributed by atoms with Crippen LogP contribution in [0.3, 0.4) is 0 Å². The van der Waals surface area contributed by atoms with Gasteiger partial charge in [0.2, 0.25) is 0 Å². The lowest BCUT2D eigenvalue weighted by Gasteiger charge is -2.16. The Hall–Kier alpha value is -7.04. The summed E-state index contributed by atoms with van der Waals surface area (Å²) in [6.07, 6.45) is 0. The minimum atomic E-state index is 0.774. The molecule has 0 saturated heterocycles. The summed E-state index contributed by atoms with van der Waals surface area (Å²) in [6.45, 7) is 0. The maximum atomic E-state index is 6.41. The van der Waals surface area contributed by atoms with Crippen molar-refractivity contribution in [2.45, 2.75) is 0 Å². The van der Waals surface area contributed by atoms with Gasteiger partial charge in [0.15, 0.2) is 5.82 Å². The molecule has 0 atom stereocenters. The molecule has 0 spiro atoms. The Morgan fingerprint density at radius 3 is 1.73 bits per heavy atom. The smallest absolute Gasteiger partial charge is 0.165 e. The highest BCUT2D eigenvalue weighted by atomic mass is 16.3. The molecule has 0 radical (unpaired) electrons. The zero-order valence-electron chi connectivity index (χ0n) is 28.0. The van der Waals surface area contributed by atoms with E-state index in [0.29, 0.717) is 0 Å². The maximum Gasteiger partial charge on any atom is 0.165 e. The molecule has 4 heteroatoms. The van der Waals surface area contributed by atoms with E-state index in [9.17, 15) is 0 Å². The fourth-order valence-corrected chi connectivity index (χ4v) is 7.91. The SMILES string of the molecule is c1ccc(-c2cc3nc(-c4ccc5c(c4)oc4ccccc45)c(-n4c5ccccc5c5cc6ccccc6cc54)nc3cc2-c2ccccc2)cc1. The van der Waals surface area contributed by atoms with Crippen molar-refractivity contribution in [3.8, 4) is 39.3 Å². The predicted molar refractivity (Wildman–Crippen MR) is 215 cm³/mol. The molecular formula is C48H29N3O. The van der Waals surface area contributed by atoms with Crippen LogP contribution in [-0.2, 0) is 0 Å². The number of benzene rings is 8. The molecule has 11 rings (SSSR count). The third-order valence-electron chi connectivity index (χ3n) is 10.4. The number of para-hydroxylation sites is 2. The molecule has 0 aliphatic carbocycles. The third-order valence-corrected chi connectivity index (χ3v) is 10.4. The van der Waals surface area contributed by atoms with Gasteiger partial charge in [0.1, 0.15) is 16.9 Å². The van der Waals surface area contributed by atoms with Crippen LogP contribution in [0.2, 0.25) is 0 Å². The van der Waals surface area contributed by atoms with Crippen molar-refractivity contribution >= 4 is 65.6 Å². The minimum Gasteiger partial charge on any atom is -0.456 e. The average molecular weight is 664 g/mol. The lowest BCUT2D eigenvalue weighted by molar-refractivity contribution is 0.669. The molecule has 4 nitrogen and oxygen atoms in total. The second-order valence-corrected chi connectivity index (χ2v) is 13.4. The highest BCUT2D eigenvalue weighted by Gasteiger charge is 2.22. The Labute approximate surface area is 298 Å². The van der Waals surface area contributed by atoms with E-state index in [1.165, 1.54) is 21.5 Å². The van der Waals surface area contributed by atoms with Crippen molar-refractivity contribution in [1.82, 2.24) is 14.5 Å². The quantitative estimate of drug-likeness (QED) is 0.188. The first-order valence-electron chi connectivity index (χ1n) is 17.6. The molecular weight excluding hydrogens is 635 g/mol. The van der Waals surface area contributed by atoms with E-state index in [2.05, 4.69) is 168 Å². The first-order chi connectivity index (χ1) is 25.8. The molecule has 52 heavy (non-hydrogen) atoms. The first-order valence-corrected chi connectivity index (χ1v) is 17.6. The number of hydrogen-bond donors (Lipinski definition) is 0. The van der Waals surface area contributed by atoms with E-state index in [1.54, 1.807) is 0 Å².